The van der Waals surface area contributed by atoms with Crippen LogP contribution in [0.3, 0.4) is 0 Å². The third kappa shape index (κ3) is 57.3. The maximum atomic E-state index is 13.5. The van der Waals surface area contributed by atoms with E-state index in [1.165, 1.54) is 238 Å². The van der Waals surface area contributed by atoms with Gasteiger partial charge in [0.05, 0.1) is 25.4 Å². The number of carbonyl (C=O) groups is 2. The number of hydrogen-bond acceptors (Lipinski definition) is 10. The van der Waals surface area contributed by atoms with E-state index in [0.29, 0.717) is 19.3 Å². The lowest BCUT2D eigenvalue weighted by molar-refractivity contribution is -0.305. The van der Waals surface area contributed by atoms with Crippen molar-refractivity contribution in [1.82, 2.24) is 5.32 Å². The van der Waals surface area contributed by atoms with Crippen molar-refractivity contribution >= 4 is 11.9 Å². The van der Waals surface area contributed by atoms with Gasteiger partial charge >= 0.3 is 5.97 Å². The highest BCUT2D eigenvalue weighted by Crippen LogP contribution is 2.27. The van der Waals surface area contributed by atoms with Gasteiger partial charge in [-0.1, -0.05) is 350 Å². The number of esters is 1. The van der Waals surface area contributed by atoms with Gasteiger partial charge in [0.15, 0.2) is 12.4 Å². The molecule has 1 heterocycles. The summed E-state index contributed by atoms with van der Waals surface area (Å²) < 4.78 is 17.8. The Balaban J connectivity index is 2.51. The van der Waals surface area contributed by atoms with Crippen LogP contribution in [-0.2, 0) is 23.8 Å². The lowest BCUT2D eigenvalue weighted by atomic mass is 9.99. The summed E-state index contributed by atoms with van der Waals surface area (Å²) in [4.78, 5) is 26.8. The van der Waals surface area contributed by atoms with Gasteiger partial charge in [0.25, 0.3) is 0 Å². The zero-order valence-electron chi connectivity index (χ0n) is 61.8. The van der Waals surface area contributed by atoms with Crippen molar-refractivity contribution in [2.75, 3.05) is 13.2 Å². The minimum Gasteiger partial charge on any atom is -0.454 e. The molecule has 0 aromatic heterocycles. The summed E-state index contributed by atoms with van der Waals surface area (Å²) in [6.45, 7) is 5.79. The number of hydrogen-bond donors (Lipinski definition) is 6. The first-order valence-electron chi connectivity index (χ1n) is 40.4. The molecule has 1 rings (SSSR count). The molecule has 1 aliphatic rings. The number of unbranched alkanes of at least 4 members (excludes halogenated alkanes) is 44. The van der Waals surface area contributed by atoms with E-state index in [1.54, 1.807) is 6.08 Å². The molecule has 552 valence electrons. The molecule has 0 aromatic carbocycles. The van der Waals surface area contributed by atoms with Crippen molar-refractivity contribution in [2.45, 2.75) is 423 Å². The highest BCUT2D eigenvalue weighted by molar-refractivity contribution is 5.80. The van der Waals surface area contributed by atoms with Crippen LogP contribution in [0.15, 0.2) is 85.1 Å². The Labute approximate surface area is 584 Å². The van der Waals surface area contributed by atoms with Crippen molar-refractivity contribution in [1.29, 1.82) is 0 Å². The fraction of sp³-hybridized carbons (Fsp3) is 0.810. The fourth-order valence-corrected chi connectivity index (χ4v) is 12.4. The number of ether oxygens (including phenoxy) is 3. The SMILES string of the molecule is CCCCC/C=C\C/C=C\C/C=C\C/C=C\CCCCCCCCCCCCCC(=O)OC1C(OCC(NC(=O)C(O)CCCCCCCCCCCCCCCCCC/C=C\C/C=C\CCCCC)C(O)/C=C/CCCCCCCCCCCCC)OC(CO)C(O)C1O. The van der Waals surface area contributed by atoms with Crippen LogP contribution in [-0.4, -0.2) is 99.6 Å². The predicted molar refractivity (Wildman–Crippen MR) is 402 cm³/mol. The topological polar surface area (TPSA) is 175 Å². The number of allylic oxidation sites excluding steroid dienone is 13. The van der Waals surface area contributed by atoms with E-state index in [9.17, 15) is 35.1 Å². The molecular formula is C84H151NO10. The molecule has 0 saturated carbocycles. The van der Waals surface area contributed by atoms with Gasteiger partial charge in [-0.15, -0.1) is 0 Å². The van der Waals surface area contributed by atoms with Gasteiger partial charge in [0, 0.05) is 6.42 Å². The summed E-state index contributed by atoms with van der Waals surface area (Å²) >= 11 is 0. The largest absolute Gasteiger partial charge is 0.454 e. The van der Waals surface area contributed by atoms with Gasteiger partial charge in [-0.05, 0) is 103 Å². The second-order valence-corrected chi connectivity index (χ2v) is 27.8. The van der Waals surface area contributed by atoms with E-state index in [1.807, 2.05) is 6.08 Å². The molecule has 11 heteroatoms. The molecule has 0 aromatic rings. The van der Waals surface area contributed by atoms with Crippen LogP contribution in [0.1, 0.15) is 374 Å². The second-order valence-electron chi connectivity index (χ2n) is 27.8. The quantitative estimate of drug-likeness (QED) is 0.0195. The second kappa shape index (κ2) is 70.7. The van der Waals surface area contributed by atoms with Gasteiger partial charge in [0.1, 0.15) is 24.4 Å². The van der Waals surface area contributed by atoms with Crippen LogP contribution in [0.25, 0.3) is 0 Å². The van der Waals surface area contributed by atoms with E-state index in [4.69, 9.17) is 14.2 Å². The summed E-state index contributed by atoms with van der Waals surface area (Å²) in [6.07, 6.45) is 84.9. The third-order valence-electron chi connectivity index (χ3n) is 18.8. The summed E-state index contributed by atoms with van der Waals surface area (Å²) in [6, 6.07) is -1.03. The summed E-state index contributed by atoms with van der Waals surface area (Å²) in [5.74, 6) is -1.19. The zero-order valence-corrected chi connectivity index (χ0v) is 61.8. The van der Waals surface area contributed by atoms with Crippen LogP contribution >= 0.6 is 0 Å². The summed E-state index contributed by atoms with van der Waals surface area (Å²) in [5.41, 5.74) is 0. The number of aliphatic hydroxyl groups excluding tert-OH is 5. The third-order valence-corrected chi connectivity index (χ3v) is 18.8. The minimum atomic E-state index is -1.62. The zero-order chi connectivity index (χ0) is 68.8. The lowest BCUT2D eigenvalue weighted by Gasteiger charge is -2.41. The van der Waals surface area contributed by atoms with Crippen LogP contribution in [0.2, 0.25) is 0 Å². The van der Waals surface area contributed by atoms with Crippen LogP contribution in [0, 0.1) is 0 Å². The maximum Gasteiger partial charge on any atom is 0.306 e. The van der Waals surface area contributed by atoms with Crippen LogP contribution < -0.4 is 5.32 Å². The average molecular weight is 1340 g/mol. The molecule has 0 radical (unpaired) electrons. The van der Waals surface area contributed by atoms with Crippen LogP contribution in [0.5, 0.6) is 0 Å². The highest BCUT2D eigenvalue weighted by Gasteiger charge is 2.47. The predicted octanol–water partition coefficient (Wildman–Crippen LogP) is 22.0. The Morgan fingerprint density at radius 2 is 0.726 bits per heavy atom. The Morgan fingerprint density at radius 1 is 0.411 bits per heavy atom. The summed E-state index contributed by atoms with van der Waals surface area (Å²) in [7, 11) is 0. The van der Waals surface area contributed by atoms with Gasteiger partial charge in [-0.2, -0.15) is 0 Å². The van der Waals surface area contributed by atoms with E-state index < -0.39 is 67.4 Å². The minimum absolute atomic E-state index is 0.118. The molecule has 8 unspecified atom stereocenters. The highest BCUT2D eigenvalue weighted by atomic mass is 16.7. The average Bonchev–Trinajstić information content (AvgIpc) is 0.823. The molecular weight excluding hydrogens is 1180 g/mol. The first-order chi connectivity index (χ1) is 46.7. The Bertz CT molecular complexity index is 1880. The van der Waals surface area contributed by atoms with Gasteiger partial charge < -0.3 is 45.1 Å². The standard InChI is InChI=1S/C84H151NO10/c1-4-7-10-13-16-19-22-25-27-29-31-33-35-37-39-41-43-45-47-49-51-54-57-60-63-66-69-72-79(89)95-82-81(91)80(90)78(73-86)94-84(82)93-74-75(76(87)70-67-64-61-58-55-52-24-21-18-15-12-9-6-3)85-83(92)77(88)71-68-65-62-59-56-53-50-48-46-44-42-40-38-36-34-32-30-28-26-23-20-17-14-11-8-5-2/h16-17,19-20,25-28,31,33,37,39,67,70,75-78,80-82,84,86-88,90-91H,4-15,18,21-24,29-30,32,34-36,38,40-66,68-69,71-74H2,1-3H3,(H,85,92)/b19-16-,20-17-,27-25-,28-26-,33-31-,39-37-,70-67+. The molecule has 8 atom stereocenters. The smallest absolute Gasteiger partial charge is 0.306 e. The molecule has 0 bridgehead atoms. The van der Waals surface area contributed by atoms with E-state index in [-0.39, 0.29) is 13.0 Å². The Kier molecular flexibility index (Phi) is 66.9. The molecule has 6 N–H and O–H groups in total. The first kappa shape index (κ1) is 89.9. The van der Waals surface area contributed by atoms with Crippen LogP contribution in [0.4, 0.5) is 0 Å². The first-order valence-corrected chi connectivity index (χ1v) is 40.4. The molecule has 11 nitrogen and oxygen atoms in total. The molecule has 1 fully saturated rings. The number of nitrogens with one attached hydrogen (secondary N) is 1. The van der Waals surface area contributed by atoms with Crippen molar-refractivity contribution in [3.63, 3.8) is 0 Å². The van der Waals surface area contributed by atoms with Crippen molar-refractivity contribution in [2.24, 2.45) is 0 Å². The van der Waals surface area contributed by atoms with Gasteiger partial charge in [-0.3, -0.25) is 9.59 Å². The number of rotatable bonds is 70. The number of carbonyl (C=O) groups excluding carboxylic acids is 2. The van der Waals surface area contributed by atoms with Gasteiger partial charge in [0.2, 0.25) is 5.91 Å². The van der Waals surface area contributed by atoms with E-state index in [0.717, 1.165) is 89.9 Å². The van der Waals surface area contributed by atoms with Crippen molar-refractivity contribution in [3.8, 4) is 0 Å². The number of aliphatic hydroxyl groups is 5. The molecule has 1 amide bonds. The Morgan fingerprint density at radius 3 is 1.11 bits per heavy atom. The molecule has 0 aliphatic carbocycles. The lowest BCUT2D eigenvalue weighted by Crippen LogP contribution is -2.61. The number of amides is 1. The van der Waals surface area contributed by atoms with Crippen molar-refractivity contribution in [3.05, 3.63) is 85.1 Å². The molecule has 95 heavy (non-hydrogen) atoms. The Hall–Kier alpha value is -3.16. The summed E-state index contributed by atoms with van der Waals surface area (Å²) in [5, 5.41) is 57.5. The van der Waals surface area contributed by atoms with E-state index in [2.05, 4.69) is 99.0 Å². The molecule has 0 spiro atoms. The van der Waals surface area contributed by atoms with Crippen molar-refractivity contribution < 1.29 is 49.3 Å². The maximum absolute atomic E-state index is 13.5. The van der Waals surface area contributed by atoms with E-state index >= 15 is 0 Å². The molecule has 1 aliphatic heterocycles. The van der Waals surface area contributed by atoms with Gasteiger partial charge in [-0.25, -0.2) is 0 Å². The molecule has 1 saturated heterocycles. The fourth-order valence-electron chi connectivity index (χ4n) is 12.4. The monoisotopic (exact) mass is 1330 g/mol. The normalized spacial score (nSPS) is 18.2.